The second kappa shape index (κ2) is 13.7. The summed E-state index contributed by atoms with van der Waals surface area (Å²) in [5, 5.41) is 38.4. The monoisotopic (exact) mass is 488 g/mol. The summed E-state index contributed by atoms with van der Waals surface area (Å²) in [6.07, 6.45) is -2.06. The van der Waals surface area contributed by atoms with E-state index >= 15 is 0 Å². The third kappa shape index (κ3) is 10.7. The molecule has 0 bridgehead atoms. The first kappa shape index (κ1) is 28.2. The van der Waals surface area contributed by atoms with Gasteiger partial charge in [0.15, 0.2) is 0 Å². The fourth-order valence-corrected chi connectivity index (χ4v) is 2.95. The van der Waals surface area contributed by atoms with Gasteiger partial charge in [0.1, 0.15) is 18.6 Å². The zero-order chi connectivity index (χ0) is 25.8. The molecule has 0 spiro atoms. The van der Waals surface area contributed by atoms with E-state index in [1.807, 2.05) is 5.32 Å². The van der Waals surface area contributed by atoms with Gasteiger partial charge in [0, 0.05) is 13.0 Å². The smallest absolute Gasteiger partial charge is 0.322 e. The molecule has 0 aromatic carbocycles. The number of aliphatic hydroxyl groups excluding tert-OH is 1. The minimum Gasteiger partial charge on any atom is -0.481 e. The van der Waals surface area contributed by atoms with Gasteiger partial charge in [-0.2, -0.15) is 0 Å². The van der Waals surface area contributed by atoms with Crippen LogP contribution >= 0.6 is 0 Å². The molecule has 0 aromatic rings. The number of aliphatic carboxylic acids is 2. The Balaban J connectivity index is 2.76. The highest BCUT2D eigenvalue weighted by molar-refractivity contribution is 5.95. The van der Waals surface area contributed by atoms with Crippen LogP contribution in [0.4, 0.5) is 0 Å². The van der Waals surface area contributed by atoms with E-state index in [1.54, 1.807) is 0 Å². The largest absolute Gasteiger partial charge is 0.481 e. The summed E-state index contributed by atoms with van der Waals surface area (Å²) >= 11 is 0. The minimum absolute atomic E-state index is 0.159. The van der Waals surface area contributed by atoms with Gasteiger partial charge in [-0.25, -0.2) is 0 Å². The van der Waals surface area contributed by atoms with Gasteiger partial charge in [0.2, 0.25) is 29.5 Å². The molecule has 0 saturated carbocycles. The molecule has 190 valence electrons. The van der Waals surface area contributed by atoms with E-state index in [9.17, 15) is 38.7 Å². The third-order valence-corrected chi connectivity index (χ3v) is 4.60. The number of hydrogen-bond acceptors (Lipinski definition) is 9. The zero-order valence-electron chi connectivity index (χ0n) is 18.0. The van der Waals surface area contributed by atoms with Crippen molar-refractivity contribution >= 4 is 41.5 Å². The maximum Gasteiger partial charge on any atom is 0.322 e. The molecule has 10 N–H and O–H groups in total. The molecule has 5 amide bonds. The van der Waals surface area contributed by atoms with Gasteiger partial charge >= 0.3 is 11.9 Å². The highest BCUT2D eigenvalue weighted by atomic mass is 16.4. The van der Waals surface area contributed by atoms with Crippen LogP contribution in [0.2, 0.25) is 0 Å². The molecule has 0 aromatic heterocycles. The molecule has 1 rings (SSSR count). The van der Waals surface area contributed by atoms with Crippen molar-refractivity contribution in [2.24, 2.45) is 5.73 Å². The van der Waals surface area contributed by atoms with Crippen molar-refractivity contribution < 1.29 is 48.9 Å². The predicted octanol–water partition coefficient (Wildman–Crippen LogP) is -5.26. The lowest BCUT2D eigenvalue weighted by molar-refractivity contribution is -0.141. The molecule has 1 aliphatic rings. The number of nitrogens with two attached hydrogens (primary N) is 1. The summed E-state index contributed by atoms with van der Waals surface area (Å²) in [6.45, 7) is -1.15. The lowest BCUT2D eigenvalue weighted by Gasteiger charge is -2.22. The average Bonchev–Trinajstić information content (AvgIpc) is 3.18. The first-order chi connectivity index (χ1) is 15.9. The standard InChI is InChI=1S/C18H28N6O10/c19-12(26)2-1-9(23-13(27)6-21-16(32)10-3-8(25)5-20-10)18(34)24-11(4-14(28)29)17(33)22-7-15(30)31/h8-11,20,25H,1-7H2,(H2,19,26)(H,21,32)(H,22,33)(H,23,27)(H,24,34)(H,28,29)(H,30,31)/t8-,9+,10+,11+/m1/s1. The van der Waals surface area contributed by atoms with E-state index in [-0.39, 0.29) is 25.8 Å². The Labute approximate surface area is 193 Å². The number of primary amides is 1. The van der Waals surface area contributed by atoms with Gasteiger partial charge in [0.05, 0.1) is 25.1 Å². The van der Waals surface area contributed by atoms with E-state index in [0.29, 0.717) is 0 Å². The van der Waals surface area contributed by atoms with E-state index in [1.165, 1.54) is 0 Å². The summed E-state index contributed by atoms with van der Waals surface area (Å²) in [5.41, 5.74) is 5.07. The molecule has 34 heavy (non-hydrogen) atoms. The number of rotatable bonds is 14. The van der Waals surface area contributed by atoms with Crippen LogP contribution in [0, 0.1) is 0 Å². The molecule has 16 heteroatoms. The molecule has 4 atom stereocenters. The number of amides is 5. The number of carbonyl (C=O) groups excluding carboxylic acids is 5. The Morgan fingerprint density at radius 2 is 1.59 bits per heavy atom. The maximum atomic E-state index is 12.6. The fourth-order valence-electron chi connectivity index (χ4n) is 2.95. The van der Waals surface area contributed by atoms with Crippen molar-refractivity contribution in [2.75, 3.05) is 19.6 Å². The van der Waals surface area contributed by atoms with Crippen LogP contribution in [0.1, 0.15) is 25.7 Å². The molecule has 1 heterocycles. The van der Waals surface area contributed by atoms with Crippen LogP contribution < -0.4 is 32.3 Å². The number of carboxylic acid groups (broad SMARTS) is 2. The number of carbonyl (C=O) groups is 7. The van der Waals surface area contributed by atoms with Gasteiger partial charge in [-0.05, 0) is 12.8 Å². The normalized spacial score (nSPS) is 18.7. The Hall–Kier alpha value is -3.79. The van der Waals surface area contributed by atoms with Crippen molar-refractivity contribution in [3.05, 3.63) is 0 Å². The van der Waals surface area contributed by atoms with Crippen LogP contribution in [0.15, 0.2) is 0 Å². The van der Waals surface area contributed by atoms with Crippen LogP contribution in [0.5, 0.6) is 0 Å². The second-order valence-corrected chi connectivity index (χ2v) is 7.46. The van der Waals surface area contributed by atoms with Gasteiger partial charge in [0.25, 0.3) is 0 Å². The van der Waals surface area contributed by atoms with E-state index in [2.05, 4.69) is 21.3 Å². The average molecular weight is 488 g/mol. The van der Waals surface area contributed by atoms with E-state index < -0.39 is 85.2 Å². The molecule has 1 saturated heterocycles. The molecule has 1 fully saturated rings. The Kier molecular flexibility index (Phi) is 11.4. The van der Waals surface area contributed by atoms with Crippen molar-refractivity contribution in [1.82, 2.24) is 26.6 Å². The topological polar surface area (TPSA) is 266 Å². The van der Waals surface area contributed by atoms with Gasteiger partial charge < -0.3 is 47.6 Å². The first-order valence-electron chi connectivity index (χ1n) is 10.2. The highest BCUT2D eigenvalue weighted by Crippen LogP contribution is 2.06. The Morgan fingerprint density at radius 3 is 2.12 bits per heavy atom. The molecule has 0 aliphatic carbocycles. The van der Waals surface area contributed by atoms with Crippen molar-refractivity contribution in [3.8, 4) is 0 Å². The van der Waals surface area contributed by atoms with Crippen molar-refractivity contribution in [2.45, 2.75) is 49.9 Å². The molecule has 16 nitrogen and oxygen atoms in total. The lowest BCUT2D eigenvalue weighted by atomic mass is 10.1. The third-order valence-electron chi connectivity index (χ3n) is 4.60. The van der Waals surface area contributed by atoms with E-state index in [4.69, 9.17) is 15.9 Å². The summed E-state index contributed by atoms with van der Waals surface area (Å²) in [7, 11) is 0. The number of β-amino-alcohol motifs (C(OH)–C–C–N with tert-alkyl or cyclic N) is 1. The Morgan fingerprint density at radius 1 is 0.912 bits per heavy atom. The fraction of sp³-hybridized carbons (Fsp3) is 0.611. The van der Waals surface area contributed by atoms with Crippen LogP contribution in [-0.2, 0) is 33.6 Å². The molecule has 0 radical (unpaired) electrons. The summed E-state index contributed by atoms with van der Waals surface area (Å²) in [4.78, 5) is 81.7. The van der Waals surface area contributed by atoms with Crippen LogP contribution in [-0.4, -0.2) is 101 Å². The Bertz CT molecular complexity index is 819. The lowest BCUT2D eigenvalue weighted by Crippen LogP contribution is -2.56. The number of nitrogens with one attached hydrogen (secondary N) is 5. The summed E-state index contributed by atoms with van der Waals surface area (Å²) in [5.74, 6) is -7.17. The minimum atomic E-state index is -1.67. The van der Waals surface area contributed by atoms with Gasteiger partial charge in [-0.1, -0.05) is 0 Å². The van der Waals surface area contributed by atoms with E-state index in [0.717, 1.165) is 0 Å². The maximum absolute atomic E-state index is 12.6. The zero-order valence-corrected chi connectivity index (χ0v) is 18.0. The van der Waals surface area contributed by atoms with Crippen molar-refractivity contribution in [3.63, 3.8) is 0 Å². The number of aliphatic hydroxyl groups is 1. The molecular formula is C18H28N6O10. The number of hydrogen-bond donors (Lipinski definition) is 9. The van der Waals surface area contributed by atoms with Crippen LogP contribution in [0.3, 0.4) is 0 Å². The van der Waals surface area contributed by atoms with Gasteiger partial charge in [-0.15, -0.1) is 0 Å². The quantitative estimate of drug-likeness (QED) is 0.111. The second-order valence-electron chi connectivity index (χ2n) is 7.46. The van der Waals surface area contributed by atoms with Crippen molar-refractivity contribution in [1.29, 1.82) is 0 Å². The molecule has 0 unspecified atom stereocenters. The predicted molar refractivity (Wildman–Crippen MR) is 111 cm³/mol. The summed E-state index contributed by atoms with van der Waals surface area (Å²) < 4.78 is 0. The van der Waals surface area contributed by atoms with Gasteiger partial charge in [-0.3, -0.25) is 33.6 Å². The molecular weight excluding hydrogens is 460 g/mol. The van der Waals surface area contributed by atoms with Crippen LogP contribution in [0.25, 0.3) is 0 Å². The number of carboxylic acids is 2. The summed E-state index contributed by atoms with van der Waals surface area (Å²) in [6, 6.07) is -3.79. The molecule has 1 aliphatic heterocycles. The SMILES string of the molecule is NC(=O)CC[C@H](NC(=O)CNC(=O)[C@@H]1C[C@@H](O)CN1)C(=O)N[C@@H](CC(=O)O)C(=O)NCC(=O)O. The first-order valence-corrected chi connectivity index (χ1v) is 10.2. The highest BCUT2D eigenvalue weighted by Gasteiger charge is 2.30.